The molecule has 0 saturated carbocycles. The van der Waals surface area contributed by atoms with E-state index in [0.29, 0.717) is 0 Å². The molecule has 1 saturated heterocycles. The summed E-state index contributed by atoms with van der Waals surface area (Å²) in [5, 5.41) is 23.1. The second-order valence-electron chi connectivity index (χ2n) is 6.77. The Kier molecular flexibility index (Phi) is 7.40. The first-order chi connectivity index (χ1) is 15.1. The van der Waals surface area contributed by atoms with Gasteiger partial charge in [0.05, 0.1) is 19.5 Å². The van der Waals surface area contributed by atoms with Gasteiger partial charge in [-0.3, -0.25) is 28.2 Å². The molecule has 3 rings (SSSR count). The van der Waals surface area contributed by atoms with Crippen LogP contribution in [0.5, 0.6) is 0 Å². The fourth-order valence-electron chi connectivity index (χ4n) is 2.97. The fourth-order valence-corrected chi connectivity index (χ4v) is 3.74. The highest BCUT2D eigenvalue weighted by Crippen LogP contribution is 2.44. The Morgan fingerprint density at radius 3 is 2.91 bits per heavy atom. The molecule has 0 radical (unpaired) electrons. The first-order valence-corrected chi connectivity index (χ1v) is 10.9. The van der Waals surface area contributed by atoms with Crippen molar-refractivity contribution < 1.29 is 38.3 Å². The lowest BCUT2D eigenvalue weighted by Crippen LogP contribution is -2.33. The van der Waals surface area contributed by atoms with Crippen LogP contribution in [-0.4, -0.2) is 78.6 Å². The minimum atomic E-state index is -4.49. The van der Waals surface area contributed by atoms with Crippen LogP contribution < -0.4 is 16.6 Å². The molecule has 1 fully saturated rings. The van der Waals surface area contributed by atoms with Gasteiger partial charge in [-0.05, 0) is 12.5 Å². The lowest BCUT2D eigenvalue weighted by molar-refractivity contribution is -0.116. The number of aliphatic hydroxyl groups excluding tert-OH is 2. The summed E-state index contributed by atoms with van der Waals surface area (Å²) in [4.78, 5) is 42.8. The number of aliphatic hydroxyl groups is 2. The maximum absolute atomic E-state index is 12.0. The van der Waals surface area contributed by atoms with Gasteiger partial charge in [-0.15, -0.1) is 0 Å². The molecule has 1 unspecified atom stereocenters. The number of imidazole rings is 1. The van der Waals surface area contributed by atoms with Crippen molar-refractivity contribution in [3.8, 4) is 0 Å². The molecule has 7 N–H and O–H groups in total. The van der Waals surface area contributed by atoms with E-state index < -0.39 is 44.5 Å². The van der Waals surface area contributed by atoms with E-state index in [4.69, 9.17) is 19.5 Å². The number of hydrogen-bond donors (Lipinski definition) is 6. The van der Waals surface area contributed by atoms with E-state index in [2.05, 4.69) is 26.8 Å². The van der Waals surface area contributed by atoms with Crippen molar-refractivity contribution in [3.63, 3.8) is 0 Å². The average Bonchev–Trinajstić information content (AvgIpc) is 3.27. The van der Waals surface area contributed by atoms with Crippen molar-refractivity contribution in [1.29, 1.82) is 0 Å². The van der Waals surface area contributed by atoms with Crippen molar-refractivity contribution in [2.75, 3.05) is 25.5 Å². The number of carbonyl (C=O) groups is 1. The van der Waals surface area contributed by atoms with Crippen LogP contribution in [0, 0.1) is 0 Å². The smallest absolute Gasteiger partial charge is 0.387 e. The molecular weight excluding hydrogens is 451 g/mol. The predicted molar refractivity (Wildman–Crippen MR) is 108 cm³/mol. The number of aromatic nitrogens is 4. The molecule has 0 aromatic carbocycles. The SMILES string of the molecule is C=CC(=O)NCCCOP(=O)(O)OC[C@H]1O[C@@H](n2cnc3c(=O)[nH]c(N)nc32)[C@H](O)[C@@H]1O. The Morgan fingerprint density at radius 2 is 2.19 bits per heavy atom. The van der Waals surface area contributed by atoms with Crippen LogP contribution >= 0.6 is 7.82 Å². The number of amides is 1. The Bertz CT molecular complexity index is 1090. The first-order valence-electron chi connectivity index (χ1n) is 9.39. The fraction of sp³-hybridized carbons (Fsp3) is 0.500. The molecule has 1 amide bonds. The number of aromatic amines is 1. The molecule has 176 valence electrons. The summed E-state index contributed by atoms with van der Waals surface area (Å²) >= 11 is 0. The number of nitrogens with one attached hydrogen (secondary N) is 2. The first kappa shape index (κ1) is 24.0. The van der Waals surface area contributed by atoms with Crippen molar-refractivity contribution in [2.24, 2.45) is 0 Å². The topological polar surface area (TPSA) is 224 Å². The maximum Gasteiger partial charge on any atom is 0.472 e. The molecule has 2 aromatic rings. The number of H-pyrrole nitrogens is 1. The summed E-state index contributed by atoms with van der Waals surface area (Å²) in [7, 11) is -4.49. The number of nitrogens with zero attached hydrogens (tertiary/aromatic N) is 3. The van der Waals surface area contributed by atoms with Gasteiger partial charge in [-0.2, -0.15) is 4.98 Å². The van der Waals surface area contributed by atoms with Crippen molar-refractivity contribution >= 4 is 30.8 Å². The molecule has 0 spiro atoms. The number of phosphoric ester groups is 1. The van der Waals surface area contributed by atoms with E-state index in [1.807, 2.05) is 0 Å². The van der Waals surface area contributed by atoms with Crippen LogP contribution in [-0.2, 0) is 23.1 Å². The highest BCUT2D eigenvalue weighted by atomic mass is 31.2. The lowest BCUT2D eigenvalue weighted by atomic mass is 10.1. The van der Waals surface area contributed by atoms with Gasteiger partial charge >= 0.3 is 7.82 Å². The zero-order valence-electron chi connectivity index (χ0n) is 16.7. The standard InChI is InChI=1S/C16H23N6O9P/c1-2-9(23)18-4-3-5-29-32(27,28)30-6-8-11(24)12(25)15(31-8)22-7-19-10-13(22)20-16(17)21-14(10)26/h2,7-8,11-12,15,24-25H,1,3-6H2,(H,18,23)(H,27,28)(H3,17,20,21,26)/t8-,11-,12-,15-/m1/s1. The molecule has 0 aliphatic carbocycles. The number of hydrogen-bond acceptors (Lipinski definition) is 11. The van der Waals surface area contributed by atoms with Crippen LogP contribution in [0.1, 0.15) is 12.6 Å². The van der Waals surface area contributed by atoms with Gasteiger partial charge in [0.1, 0.15) is 18.3 Å². The van der Waals surface area contributed by atoms with E-state index in [1.54, 1.807) is 0 Å². The summed E-state index contributed by atoms with van der Waals surface area (Å²) in [5.41, 5.74) is 4.91. The minimum Gasteiger partial charge on any atom is -0.387 e. The van der Waals surface area contributed by atoms with Crippen molar-refractivity contribution in [2.45, 2.75) is 31.0 Å². The Morgan fingerprint density at radius 1 is 1.44 bits per heavy atom. The molecule has 16 heteroatoms. The third-order valence-corrected chi connectivity index (χ3v) is 5.51. The highest BCUT2D eigenvalue weighted by Gasteiger charge is 2.45. The molecule has 2 aromatic heterocycles. The normalized spacial score (nSPS) is 25.0. The molecule has 5 atom stereocenters. The molecular formula is C16H23N6O9P. The number of phosphoric acid groups is 1. The Labute approximate surface area is 180 Å². The number of rotatable bonds is 10. The van der Waals surface area contributed by atoms with E-state index in [9.17, 15) is 29.3 Å². The maximum atomic E-state index is 12.0. The summed E-state index contributed by atoms with van der Waals surface area (Å²) < 4.78 is 28.4. The lowest BCUT2D eigenvalue weighted by Gasteiger charge is -2.17. The van der Waals surface area contributed by atoms with E-state index >= 15 is 0 Å². The second-order valence-corrected chi connectivity index (χ2v) is 8.22. The number of nitrogen functional groups attached to an aromatic ring is 1. The van der Waals surface area contributed by atoms with E-state index in [-0.39, 0.29) is 42.6 Å². The molecule has 1 aliphatic rings. The predicted octanol–water partition coefficient (Wildman–Crippen LogP) is -1.85. The van der Waals surface area contributed by atoms with Crippen LogP contribution in [0.2, 0.25) is 0 Å². The van der Waals surface area contributed by atoms with Gasteiger partial charge in [0.25, 0.3) is 5.56 Å². The zero-order chi connectivity index (χ0) is 23.5. The Hall–Kier alpha value is -2.65. The van der Waals surface area contributed by atoms with E-state index in [0.717, 1.165) is 6.08 Å². The third-order valence-electron chi connectivity index (χ3n) is 4.52. The molecule has 3 heterocycles. The van der Waals surface area contributed by atoms with Crippen molar-refractivity contribution in [3.05, 3.63) is 29.3 Å². The second kappa shape index (κ2) is 9.87. The largest absolute Gasteiger partial charge is 0.472 e. The van der Waals surface area contributed by atoms with Crippen LogP contribution in [0.3, 0.4) is 0 Å². The molecule has 15 nitrogen and oxygen atoms in total. The highest BCUT2D eigenvalue weighted by molar-refractivity contribution is 7.47. The summed E-state index contributed by atoms with van der Waals surface area (Å²) in [6, 6.07) is 0. The van der Waals surface area contributed by atoms with E-state index in [1.165, 1.54) is 10.9 Å². The number of anilines is 1. The Balaban J connectivity index is 1.58. The van der Waals surface area contributed by atoms with Gasteiger partial charge in [-0.25, -0.2) is 9.55 Å². The average molecular weight is 474 g/mol. The number of fused-ring (bicyclic) bond motifs is 1. The molecule has 0 bridgehead atoms. The van der Waals surface area contributed by atoms with Gasteiger partial charge in [0.2, 0.25) is 11.9 Å². The third kappa shape index (κ3) is 5.39. The van der Waals surface area contributed by atoms with Gasteiger partial charge < -0.3 is 30.9 Å². The summed E-state index contributed by atoms with van der Waals surface area (Å²) in [5.74, 6) is -0.568. The van der Waals surface area contributed by atoms with Crippen LogP contribution in [0.4, 0.5) is 5.95 Å². The van der Waals surface area contributed by atoms with Gasteiger partial charge in [0.15, 0.2) is 17.4 Å². The molecule has 1 aliphatic heterocycles. The quantitative estimate of drug-likeness (QED) is 0.127. The van der Waals surface area contributed by atoms with Gasteiger partial charge in [0, 0.05) is 6.54 Å². The number of nitrogens with two attached hydrogens (primary N) is 1. The zero-order valence-corrected chi connectivity index (χ0v) is 17.6. The number of carbonyl (C=O) groups excluding carboxylic acids is 1. The summed E-state index contributed by atoms with van der Waals surface area (Å²) in [6.07, 6.45) is -2.90. The summed E-state index contributed by atoms with van der Waals surface area (Å²) in [6.45, 7) is 2.71. The number of ether oxygens (including phenoxy) is 1. The van der Waals surface area contributed by atoms with Crippen LogP contribution in [0.15, 0.2) is 23.8 Å². The monoisotopic (exact) mass is 474 g/mol. The van der Waals surface area contributed by atoms with Crippen molar-refractivity contribution in [1.82, 2.24) is 24.8 Å². The van der Waals surface area contributed by atoms with Gasteiger partial charge in [-0.1, -0.05) is 6.58 Å². The molecule has 32 heavy (non-hydrogen) atoms. The minimum absolute atomic E-state index is 0.0174. The van der Waals surface area contributed by atoms with Crippen LogP contribution in [0.25, 0.3) is 11.2 Å².